The third kappa shape index (κ3) is 3.57. The summed E-state index contributed by atoms with van der Waals surface area (Å²) in [5.74, 6) is 0.890. The first-order valence-corrected chi connectivity index (χ1v) is 9.41. The van der Waals surface area contributed by atoms with E-state index in [-0.39, 0.29) is 5.41 Å². The van der Waals surface area contributed by atoms with Crippen LogP contribution < -0.4 is 20.9 Å². The van der Waals surface area contributed by atoms with Gasteiger partial charge in [-0.3, -0.25) is 4.79 Å². The van der Waals surface area contributed by atoms with Crippen LogP contribution in [-0.2, 0) is 5.41 Å². The van der Waals surface area contributed by atoms with Gasteiger partial charge in [-0.2, -0.15) is 0 Å². The SMILES string of the molecule is COc1ccc(/C=C/C2=Cc3c(sc(N)c3C(N)=O)C(C)(C)C2)cc1OC. The zero-order valence-electron chi connectivity index (χ0n) is 16.0. The van der Waals surface area contributed by atoms with E-state index in [0.29, 0.717) is 22.1 Å². The van der Waals surface area contributed by atoms with E-state index in [9.17, 15) is 4.79 Å². The van der Waals surface area contributed by atoms with Gasteiger partial charge in [-0.25, -0.2) is 0 Å². The fraction of sp³-hybridized carbons (Fsp3) is 0.286. The molecule has 1 aliphatic rings. The summed E-state index contributed by atoms with van der Waals surface area (Å²) in [6.07, 6.45) is 6.95. The van der Waals surface area contributed by atoms with Gasteiger partial charge in [0, 0.05) is 15.9 Å². The number of rotatable bonds is 5. The highest BCUT2D eigenvalue weighted by atomic mass is 32.1. The van der Waals surface area contributed by atoms with Crippen LogP contribution in [-0.4, -0.2) is 20.1 Å². The number of nitrogen functional groups attached to an aromatic ring is 1. The molecule has 6 heteroatoms. The Morgan fingerprint density at radius 3 is 2.52 bits per heavy atom. The Hall–Kier alpha value is -2.73. The molecular formula is C21H24N2O3S. The van der Waals surface area contributed by atoms with Gasteiger partial charge in [-0.1, -0.05) is 32.1 Å². The lowest BCUT2D eigenvalue weighted by Crippen LogP contribution is -2.22. The second-order valence-corrected chi connectivity index (χ2v) is 8.23. The van der Waals surface area contributed by atoms with E-state index in [2.05, 4.69) is 19.9 Å². The minimum atomic E-state index is -0.484. The summed E-state index contributed by atoms with van der Waals surface area (Å²) in [6, 6.07) is 5.77. The predicted octanol–water partition coefficient (Wildman–Crippen LogP) is 4.22. The van der Waals surface area contributed by atoms with Crippen LogP contribution in [0.1, 0.15) is 46.6 Å². The van der Waals surface area contributed by atoms with Crippen molar-refractivity contribution in [2.45, 2.75) is 25.7 Å². The predicted molar refractivity (Wildman–Crippen MR) is 111 cm³/mol. The van der Waals surface area contributed by atoms with Gasteiger partial charge >= 0.3 is 0 Å². The number of primary amides is 1. The zero-order valence-corrected chi connectivity index (χ0v) is 16.8. The summed E-state index contributed by atoms with van der Waals surface area (Å²) in [7, 11) is 3.23. The summed E-state index contributed by atoms with van der Waals surface area (Å²) in [5.41, 5.74) is 14.9. The van der Waals surface area contributed by atoms with Crippen molar-refractivity contribution in [3.63, 3.8) is 0 Å². The van der Waals surface area contributed by atoms with Crippen molar-refractivity contribution in [2.75, 3.05) is 20.0 Å². The largest absolute Gasteiger partial charge is 0.493 e. The Morgan fingerprint density at radius 2 is 1.89 bits per heavy atom. The molecule has 4 N–H and O–H groups in total. The monoisotopic (exact) mass is 384 g/mol. The van der Waals surface area contributed by atoms with E-state index in [1.165, 1.54) is 11.3 Å². The van der Waals surface area contributed by atoms with E-state index >= 15 is 0 Å². The van der Waals surface area contributed by atoms with E-state index < -0.39 is 5.91 Å². The molecule has 5 nitrogen and oxygen atoms in total. The normalized spacial score (nSPS) is 15.3. The van der Waals surface area contributed by atoms with Crippen molar-refractivity contribution in [3.05, 3.63) is 51.4 Å². The zero-order chi connectivity index (χ0) is 19.8. The van der Waals surface area contributed by atoms with Crippen LogP contribution in [0.5, 0.6) is 11.5 Å². The molecule has 27 heavy (non-hydrogen) atoms. The quantitative estimate of drug-likeness (QED) is 0.808. The maximum Gasteiger partial charge on any atom is 0.252 e. The summed E-state index contributed by atoms with van der Waals surface area (Å²) in [6.45, 7) is 4.31. The first-order valence-electron chi connectivity index (χ1n) is 8.60. The average molecular weight is 385 g/mol. The van der Waals surface area contributed by atoms with E-state index in [0.717, 1.165) is 28.0 Å². The van der Waals surface area contributed by atoms with Crippen LogP contribution in [0.15, 0.2) is 29.8 Å². The Bertz CT molecular complexity index is 955. The standard InChI is InChI=1S/C21H24N2O3S/c1-21(2)11-13(9-14-17(19(22)24)20(23)27-18(14)21)6-5-12-7-8-15(25-3)16(10-12)26-4/h5-10H,11,23H2,1-4H3,(H2,22,24)/b6-5+. The molecule has 0 fully saturated rings. The van der Waals surface area contributed by atoms with Gasteiger partial charge in [0.1, 0.15) is 0 Å². The number of benzene rings is 1. The van der Waals surface area contributed by atoms with Gasteiger partial charge in [0.2, 0.25) is 0 Å². The molecule has 1 aromatic heterocycles. The van der Waals surface area contributed by atoms with Crippen molar-refractivity contribution in [3.8, 4) is 11.5 Å². The fourth-order valence-electron chi connectivity index (χ4n) is 3.45. The molecule has 1 amide bonds. The van der Waals surface area contributed by atoms with Crippen LogP contribution in [0.25, 0.3) is 12.2 Å². The lowest BCUT2D eigenvalue weighted by Gasteiger charge is -2.29. The molecule has 3 rings (SSSR count). The molecule has 1 aromatic carbocycles. The number of methoxy groups -OCH3 is 2. The van der Waals surface area contributed by atoms with Gasteiger partial charge < -0.3 is 20.9 Å². The summed E-state index contributed by atoms with van der Waals surface area (Å²) in [5, 5.41) is 0.488. The lowest BCUT2D eigenvalue weighted by atomic mass is 9.77. The van der Waals surface area contributed by atoms with Gasteiger partial charge in [0.05, 0.1) is 24.8 Å². The Balaban J connectivity index is 1.99. The maximum absolute atomic E-state index is 11.9. The molecule has 0 saturated carbocycles. The molecule has 0 unspecified atom stereocenters. The van der Waals surface area contributed by atoms with E-state index in [1.807, 2.05) is 30.4 Å². The number of amides is 1. The molecule has 0 atom stereocenters. The van der Waals surface area contributed by atoms with Crippen molar-refractivity contribution < 1.29 is 14.3 Å². The van der Waals surface area contributed by atoms with Gasteiger partial charge in [0.25, 0.3) is 5.91 Å². The number of anilines is 1. The second-order valence-electron chi connectivity index (χ2n) is 7.18. The molecule has 1 aliphatic carbocycles. The molecule has 0 bridgehead atoms. The number of nitrogens with two attached hydrogens (primary N) is 2. The van der Waals surface area contributed by atoms with Crippen LogP contribution in [0.3, 0.4) is 0 Å². The van der Waals surface area contributed by atoms with E-state index in [4.69, 9.17) is 20.9 Å². The number of fused-ring (bicyclic) bond motifs is 1. The van der Waals surface area contributed by atoms with Crippen molar-refractivity contribution in [1.29, 1.82) is 0 Å². The molecule has 2 aromatic rings. The highest BCUT2D eigenvalue weighted by Gasteiger charge is 2.33. The van der Waals surface area contributed by atoms with Crippen LogP contribution in [0, 0.1) is 0 Å². The Labute approximate surface area is 163 Å². The van der Waals surface area contributed by atoms with Crippen LogP contribution in [0.4, 0.5) is 5.00 Å². The van der Waals surface area contributed by atoms with Crippen LogP contribution >= 0.6 is 11.3 Å². The Kier molecular flexibility index (Phi) is 5.02. The summed E-state index contributed by atoms with van der Waals surface area (Å²) in [4.78, 5) is 13.0. The molecule has 1 heterocycles. The Morgan fingerprint density at radius 1 is 1.19 bits per heavy atom. The number of ether oxygens (including phenoxy) is 2. The third-order valence-corrected chi connectivity index (χ3v) is 6.11. The number of hydrogen-bond acceptors (Lipinski definition) is 5. The molecule has 142 valence electrons. The van der Waals surface area contributed by atoms with Gasteiger partial charge in [-0.05, 0) is 35.8 Å². The molecule has 0 saturated heterocycles. The van der Waals surface area contributed by atoms with Crippen molar-refractivity contribution in [2.24, 2.45) is 5.73 Å². The first kappa shape index (κ1) is 19.0. The maximum atomic E-state index is 11.9. The minimum Gasteiger partial charge on any atom is -0.493 e. The van der Waals surface area contributed by atoms with Crippen molar-refractivity contribution >= 4 is 34.4 Å². The summed E-state index contributed by atoms with van der Waals surface area (Å²) < 4.78 is 10.6. The van der Waals surface area contributed by atoms with Gasteiger partial charge in [0.15, 0.2) is 11.5 Å². The minimum absolute atomic E-state index is 0.117. The number of carbonyl (C=O) groups is 1. The van der Waals surface area contributed by atoms with Crippen molar-refractivity contribution in [1.82, 2.24) is 0 Å². The highest BCUT2D eigenvalue weighted by Crippen LogP contribution is 2.46. The molecule has 0 radical (unpaired) electrons. The fourth-order valence-corrected chi connectivity index (χ4v) is 4.60. The topological polar surface area (TPSA) is 87.6 Å². The molecular weight excluding hydrogens is 360 g/mol. The van der Waals surface area contributed by atoms with Crippen LogP contribution in [0.2, 0.25) is 0 Å². The second kappa shape index (κ2) is 7.12. The smallest absolute Gasteiger partial charge is 0.252 e. The average Bonchev–Trinajstić information content (AvgIpc) is 2.96. The molecule has 0 spiro atoms. The highest BCUT2D eigenvalue weighted by molar-refractivity contribution is 7.16. The van der Waals surface area contributed by atoms with E-state index in [1.54, 1.807) is 14.2 Å². The third-order valence-electron chi connectivity index (χ3n) is 4.71. The molecule has 0 aliphatic heterocycles. The number of thiophene rings is 1. The van der Waals surface area contributed by atoms with Gasteiger partial charge in [-0.15, -0.1) is 11.3 Å². The summed E-state index contributed by atoms with van der Waals surface area (Å²) >= 11 is 1.46. The lowest BCUT2D eigenvalue weighted by molar-refractivity contribution is 0.100. The number of allylic oxidation sites excluding steroid dienone is 2. The number of carbonyl (C=O) groups excluding carboxylic acids is 1. The first-order chi connectivity index (χ1) is 12.8. The number of hydrogen-bond donors (Lipinski definition) is 2.